The van der Waals surface area contributed by atoms with Crippen LogP contribution in [-0.4, -0.2) is 33.6 Å². The first kappa shape index (κ1) is 23.3. The largest absolute Gasteiger partial charge is 0.478 e. The molecule has 34 heavy (non-hydrogen) atoms. The van der Waals surface area contributed by atoms with Crippen molar-refractivity contribution in [3.8, 4) is 0 Å². The van der Waals surface area contributed by atoms with Crippen molar-refractivity contribution in [1.82, 2.24) is 0 Å². The van der Waals surface area contributed by atoms with Crippen LogP contribution in [0.25, 0.3) is 10.8 Å². The second kappa shape index (κ2) is 9.57. The maximum atomic E-state index is 13.5. The Morgan fingerprint density at radius 2 is 1.41 bits per heavy atom. The molecule has 0 saturated heterocycles. The molecule has 0 aliphatic rings. The SMILES string of the molecule is CN(C)c1cccc2c(S(=O)(=O)Nc3ccccc3CCc3ccccc3C(=O)O)cccc12. The molecule has 0 bridgehead atoms. The van der Waals surface area contributed by atoms with Crippen LogP contribution in [0.5, 0.6) is 0 Å². The van der Waals surface area contributed by atoms with Crippen LogP contribution in [0.1, 0.15) is 21.5 Å². The lowest BCUT2D eigenvalue weighted by Crippen LogP contribution is -2.15. The van der Waals surface area contributed by atoms with Crippen LogP contribution in [0.3, 0.4) is 0 Å². The Morgan fingerprint density at radius 1 is 0.794 bits per heavy atom. The molecule has 0 spiro atoms. The first-order valence-corrected chi connectivity index (χ1v) is 12.4. The molecule has 0 fully saturated rings. The molecular weight excluding hydrogens is 448 g/mol. The van der Waals surface area contributed by atoms with Gasteiger partial charge in [0.2, 0.25) is 0 Å². The van der Waals surface area contributed by atoms with E-state index >= 15 is 0 Å². The minimum absolute atomic E-state index is 0.208. The predicted molar refractivity (Wildman–Crippen MR) is 136 cm³/mol. The number of aromatic carboxylic acids is 1. The predicted octanol–water partition coefficient (Wildman–Crippen LogP) is 5.19. The van der Waals surface area contributed by atoms with Crippen LogP contribution < -0.4 is 9.62 Å². The van der Waals surface area contributed by atoms with Gasteiger partial charge >= 0.3 is 5.97 Å². The van der Waals surface area contributed by atoms with Gasteiger partial charge in [-0.15, -0.1) is 0 Å². The van der Waals surface area contributed by atoms with E-state index in [4.69, 9.17) is 0 Å². The Morgan fingerprint density at radius 3 is 2.15 bits per heavy atom. The number of benzene rings is 4. The summed E-state index contributed by atoms with van der Waals surface area (Å²) in [7, 11) is -0.0250. The van der Waals surface area contributed by atoms with Gasteiger partial charge in [-0.25, -0.2) is 13.2 Å². The number of carboxylic acid groups (broad SMARTS) is 1. The number of carboxylic acids is 1. The van der Waals surface area contributed by atoms with E-state index in [0.717, 1.165) is 16.6 Å². The molecule has 0 aromatic heterocycles. The maximum absolute atomic E-state index is 13.5. The zero-order chi connectivity index (χ0) is 24.3. The smallest absolute Gasteiger partial charge is 0.335 e. The second-order valence-corrected chi connectivity index (χ2v) is 9.90. The molecule has 0 amide bonds. The summed E-state index contributed by atoms with van der Waals surface area (Å²) in [6, 6.07) is 25.0. The van der Waals surface area contributed by atoms with E-state index in [1.54, 1.807) is 48.5 Å². The first-order chi connectivity index (χ1) is 16.3. The summed E-state index contributed by atoms with van der Waals surface area (Å²) in [5, 5.41) is 10.9. The minimum Gasteiger partial charge on any atom is -0.478 e. The molecule has 0 atom stereocenters. The van der Waals surface area contributed by atoms with Crippen LogP contribution in [-0.2, 0) is 22.9 Å². The number of rotatable bonds is 8. The third-order valence-electron chi connectivity index (χ3n) is 5.80. The number of carbonyl (C=O) groups is 1. The highest BCUT2D eigenvalue weighted by molar-refractivity contribution is 7.93. The highest BCUT2D eigenvalue weighted by Crippen LogP contribution is 2.31. The number of anilines is 2. The van der Waals surface area contributed by atoms with E-state index < -0.39 is 16.0 Å². The van der Waals surface area contributed by atoms with Crippen LogP contribution >= 0.6 is 0 Å². The summed E-state index contributed by atoms with van der Waals surface area (Å²) < 4.78 is 29.7. The zero-order valence-corrected chi connectivity index (χ0v) is 19.8. The summed E-state index contributed by atoms with van der Waals surface area (Å²) in [4.78, 5) is 13.7. The Kier molecular flexibility index (Phi) is 6.56. The fraction of sp³-hybridized carbons (Fsp3) is 0.148. The van der Waals surface area contributed by atoms with E-state index in [9.17, 15) is 18.3 Å². The molecule has 174 valence electrons. The monoisotopic (exact) mass is 474 g/mol. The van der Waals surface area contributed by atoms with Gasteiger partial charge in [-0.2, -0.15) is 0 Å². The van der Waals surface area contributed by atoms with Gasteiger partial charge in [0.05, 0.1) is 16.1 Å². The van der Waals surface area contributed by atoms with Gasteiger partial charge in [0.25, 0.3) is 10.0 Å². The van der Waals surface area contributed by atoms with Crippen LogP contribution in [0.2, 0.25) is 0 Å². The molecule has 0 radical (unpaired) electrons. The highest BCUT2D eigenvalue weighted by Gasteiger charge is 2.20. The Balaban J connectivity index is 1.66. The summed E-state index contributed by atoms with van der Waals surface area (Å²) in [6.07, 6.45) is 0.963. The first-order valence-electron chi connectivity index (χ1n) is 10.9. The van der Waals surface area contributed by atoms with Crippen molar-refractivity contribution in [1.29, 1.82) is 0 Å². The molecule has 6 nitrogen and oxygen atoms in total. The molecule has 0 aliphatic carbocycles. The van der Waals surface area contributed by atoms with Gasteiger partial charge < -0.3 is 10.0 Å². The fourth-order valence-electron chi connectivity index (χ4n) is 4.14. The summed E-state index contributed by atoms with van der Waals surface area (Å²) in [6.45, 7) is 0. The molecule has 0 saturated carbocycles. The van der Waals surface area contributed by atoms with Gasteiger partial charge in [0, 0.05) is 30.6 Å². The Hall–Kier alpha value is -3.84. The molecule has 4 aromatic rings. The van der Waals surface area contributed by atoms with Crippen molar-refractivity contribution in [3.05, 3.63) is 102 Å². The third-order valence-corrected chi connectivity index (χ3v) is 7.23. The number of hydrogen-bond acceptors (Lipinski definition) is 4. The summed E-state index contributed by atoms with van der Waals surface area (Å²) in [5.74, 6) is -0.974. The minimum atomic E-state index is -3.87. The average Bonchev–Trinajstić information content (AvgIpc) is 2.82. The van der Waals surface area contributed by atoms with Crippen molar-refractivity contribution in [2.24, 2.45) is 0 Å². The van der Waals surface area contributed by atoms with Crippen LogP contribution in [0.15, 0.2) is 89.8 Å². The quantitative estimate of drug-likeness (QED) is 0.367. The number of fused-ring (bicyclic) bond motifs is 1. The topological polar surface area (TPSA) is 86.7 Å². The lowest BCUT2D eigenvalue weighted by Gasteiger charge is -2.18. The zero-order valence-electron chi connectivity index (χ0n) is 19.0. The molecular formula is C27H26N2O4S. The molecule has 2 N–H and O–H groups in total. The van der Waals surface area contributed by atoms with Gasteiger partial charge in [-0.1, -0.05) is 60.7 Å². The lowest BCUT2D eigenvalue weighted by atomic mass is 9.99. The van der Waals surface area contributed by atoms with Crippen molar-refractivity contribution in [2.75, 3.05) is 23.7 Å². The second-order valence-electron chi connectivity index (χ2n) is 8.25. The third kappa shape index (κ3) is 4.75. The van der Waals surface area contributed by atoms with E-state index in [0.29, 0.717) is 29.5 Å². The van der Waals surface area contributed by atoms with Gasteiger partial charge in [-0.3, -0.25) is 4.72 Å². The van der Waals surface area contributed by atoms with E-state index in [1.165, 1.54) is 0 Å². The molecule has 4 aromatic carbocycles. The number of para-hydroxylation sites is 1. The molecule has 0 unspecified atom stereocenters. The summed E-state index contributed by atoms with van der Waals surface area (Å²) in [5.41, 5.74) is 3.18. The maximum Gasteiger partial charge on any atom is 0.335 e. The van der Waals surface area contributed by atoms with Crippen LogP contribution in [0.4, 0.5) is 11.4 Å². The standard InChI is InChI=1S/C27H26N2O4S/c1-29(2)25-15-7-13-23-22(25)12-8-16-26(23)34(32,33)28-24-14-6-4-10-20(24)18-17-19-9-3-5-11-21(19)27(30)31/h3-16,28H,17-18H2,1-2H3,(H,30,31). The van der Waals surface area contributed by atoms with Crippen molar-refractivity contribution >= 4 is 38.1 Å². The normalized spacial score (nSPS) is 11.4. The van der Waals surface area contributed by atoms with E-state index in [1.807, 2.05) is 55.4 Å². The molecule has 0 heterocycles. The number of nitrogens with one attached hydrogen (secondary N) is 1. The van der Waals surface area contributed by atoms with Crippen LogP contribution in [0, 0.1) is 0 Å². The lowest BCUT2D eigenvalue weighted by molar-refractivity contribution is 0.0695. The average molecular weight is 475 g/mol. The number of hydrogen-bond donors (Lipinski definition) is 2. The number of nitrogens with zero attached hydrogens (tertiary/aromatic N) is 1. The van der Waals surface area contributed by atoms with E-state index in [2.05, 4.69) is 4.72 Å². The summed E-state index contributed by atoms with van der Waals surface area (Å²) >= 11 is 0. The highest BCUT2D eigenvalue weighted by atomic mass is 32.2. The van der Waals surface area contributed by atoms with Gasteiger partial charge in [0.15, 0.2) is 0 Å². The number of sulfonamides is 1. The number of aryl methyl sites for hydroxylation is 2. The molecule has 7 heteroatoms. The Bertz CT molecular complexity index is 1460. The van der Waals surface area contributed by atoms with Crippen molar-refractivity contribution in [3.63, 3.8) is 0 Å². The molecule has 4 rings (SSSR count). The van der Waals surface area contributed by atoms with Gasteiger partial charge in [0.1, 0.15) is 0 Å². The van der Waals surface area contributed by atoms with Gasteiger partial charge in [-0.05, 0) is 48.2 Å². The molecule has 0 aliphatic heterocycles. The van der Waals surface area contributed by atoms with Crippen molar-refractivity contribution < 1.29 is 18.3 Å². The van der Waals surface area contributed by atoms with E-state index in [-0.39, 0.29) is 10.5 Å². The Labute approximate surface area is 199 Å². The fourth-order valence-corrected chi connectivity index (χ4v) is 5.47. The van der Waals surface area contributed by atoms with Crippen molar-refractivity contribution in [2.45, 2.75) is 17.7 Å².